The van der Waals surface area contributed by atoms with Crippen LogP contribution < -0.4 is 16.0 Å². The minimum Gasteiger partial charge on any atom is -0.481 e. The Morgan fingerprint density at radius 1 is 1.39 bits per heavy atom. The number of hydrogen-bond acceptors (Lipinski definition) is 3. The molecule has 0 aromatic rings. The molecule has 0 bridgehead atoms. The molecule has 3 amide bonds. The summed E-state index contributed by atoms with van der Waals surface area (Å²) in [6.45, 7) is 0.531. The molecule has 1 heterocycles. The van der Waals surface area contributed by atoms with Gasteiger partial charge in [-0.1, -0.05) is 0 Å². The van der Waals surface area contributed by atoms with Gasteiger partial charge in [-0.25, -0.2) is 4.79 Å². The predicted molar refractivity (Wildman–Crippen MR) is 61.9 cm³/mol. The van der Waals surface area contributed by atoms with Crippen LogP contribution >= 0.6 is 0 Å². The maximum absolute atomic E-state index is 11.5. The molecule has 100 valence electrons. The van der Waals surface area contributed by atoms with Gasteiger partial charge in [0.25, 0.3) is 0 Å². The fourth-order valence-corrected chi connectivity index (χ4v) is 1.98. The lowest BCUT2D eigenvalue weighted by Gasteiger charge is -2.14. The zero-order chi connectivity index (χ0) is 13.2. The van der Waals surface area contributed by atoms with Crippen LogP contribution in [0.3, 0.4) is 0 Å². The second-order valence-electron chi connectivity index (χ2n) is 4.95. The van der Waals surface area contributed by atoms with E-state index in [0.29, 0.717) is 25.8 Å². The van der Waals surface area contributed by atoms with Gasteiger partial charge in [0.2, 0.25) is 5.91 Å². The first kappa shape index (κ1) is 12.7. The van der Waals surface area contributed by atoms with Crippen molar-refractivity contribution in [2.24, 2.45) is 5.41 Å². The molecule has 0 spiro atoms. The lowest BCUT2D eigenvalue weighted by molar-refractivity contribution is -0.143. The van der Waals surface area contributed by atoms with E-state index in [4.69, 9.17) is 5.11 Å². The molecular formula is C11H17N3O4. The smallest absolute Gasteiger partial charge is 0.314 e. The van der Waals surface area contributed by atoms with Gasteiger partial charge in [0, 0.05) is 25.6 Å². The molecule has 2 aliphatic rings. The van der Waals surface area contributed by atoms with Gasteiger partial charge in [0.1, 0.15) is 0 Å². The quantitative estimate of drug-likeness (QED) is 0.527. The van der Waals surface area contributed by atoms with E-state index in [0.717, 1.165) is 6.42 Å². The highest BCUT2D eigenvalue weighted by atomic mass is 16.4. The molecule has 0 aromatic heterocycles. The van der Waals surface area contributed by atoms with Crippen LogP contribution in [0.4, 0.5) is 4.79 Å². The van der Waals surface area contributed by atoms with Gasteiger partial charge in [-0.3, -0.25) is 9.59 Å². The fraction of sp³-hybridized carbons (Fsp3) is 0.727. The third-order valence-corrected chi connectivity index (χ3v) is 3.49. The van der Waals surface area contributed by atoms with Crippen molar-refractivity contribution >= 4 is 17.9 Å². The monoisotopic (exact) mass is 255 g/mol. The number of aliphatic carboxylic acids is 1. The van der Waals surface area contributed by atoms with E-state index in [9.17, 15) is 14.4 Å². The molecule has 1 aliphatic carbocycles. The molecule has 0 radical (unpaired) electrons. The Labute approximate surface area is 104 Å². The molecule has 1 unspecified atom stereocenters. The number of nitrogens with one attached hydrogen (secondary N) is 3. The zero-order valence-electron chi connectivity index (χ0n) is 9.99. The average Bonchev–Trinajstić information content (AvgIpc) is 3.02. The van der Waals surface area contributed by atoms with Gasteiger partial charge in [-0.05, 0) is 19.3 Å². The molecule has 2 fully saturated rings. The third-order valence-electron chi connectivity index (χ3n) is 3.49. The van der Waals surface area contributed by atoms with Crippen molar-refractivity contribution in [2.45, 2.75) is 31.7 Å². The van der Waals surface area contributed by atoms with E-state index in [1.807, 2.05) is 0 Å². The lowest BCUT2D eigenvalue weighted by Crippen LogP contribution is -2.45. The van der Waals surface area contributed by atoms with E-state index in [1.54, 1.807) is 0 Å². The molecule has 7 nitrogen and oxygen atoms in total. The summed E-state index contributed by atoms with van der Waals surface area (Å²) in [5.74, 6) is -0.851. The topological polar surface area (TPSA) is 108 Å². The number of rotatable bonds is 5. The van der Waals surface area contributed by atoms with Gasteiger partial charge < -0.3 is 21.1 Å². The van der Waals surface area contributed by atoms with Crippen molar-refractivity contribution in [3.63, 3.8) is 0 Å². The molecule has 0 aromatic carbocycles. The molecule has 2 rings (SSSR count). The van der Waals surface area contributed by atoms with Crippen LogP contribution in [0.15, 0.2) is 0 Å². The van der Waals surface area contributed by atoms with E-state index in [1.165, 1.54) is 0 Å². The summed E-state index contributed by atoms with van der Waals surface area (Å²) >= 11 is 0. The standard InChI is InChI=1S/C11H17N3O4/c15-8-2-1-7(14-8)5-12-10(18)13-6-11(3-4-11)9(16)17/h7H,1-6H2,(H,14,15)(H,16,17)(H2,12,13,18). The van der Waals surface area contributed by atoms with Gasteiger partial charge in [0.15, 0.2) is 0 Å². The van der Waals surface area contributed by atoms with E-state index in [2.05, 4.69) is 16.0 Å². The molecule has 1 saturated carbocycles. The minimum absolute atomic E-state index is 0.00465. The maximum atomic E-state index is 11.5. The van der Waals surface area contributed by atoms with Gasteiger partial charge >= 0.3 is 12.0 Å². The van der Waals surface area contributed by atoms with Crippen LogP contribution in [0.1, 0.15) is 25.7 Å². The number of hydrogen-bond donors (Lipinski definition) is 4. The molecule has 1 atom stereocenters. The molecule has 1 saturated heterocycles. The first-order chi connectivity index (χ1) is 8.52. The SMILES string of the molecule is O=C1CCC(CNC(=O)NCC2(C(=O)O)CC2)N1. The third kappa shape index (κ3) is 2.91. The van der Waals surface area contributed by atoms with E-state index >= 15 is 0 Å². The van der Waals surface area contributed by atoms with Crippen LogP contribution in [0.25, 0.3) is 0 Å². The minimum atomic E-state index is -0.856. The zero-order valence-corrected chi connectivity index (χ0v) is 9.99. The van der Waals surface area contributed by atoms with Gasteiger partial charge in [-0.15, -0.1) is 0 Å². The number of carboxylic acid groups (broad SMARTS) is 1. The van der Waals surface area contributed by atoms with Crippen LogP contribution in [-0.2, 0) is 9.59 Å². The summed E-state index contributed by atoms with van der Waals surface area (Å²) in [4.78, 5) is 33.3. The van der Waals surface area contributed by atoms with Gasteiger partial charge in [0.05, 0.1) is 5.41 Å². The highest BCUT2D eigenvalue weighted by Gasteiger charge is 2.50. The number of carbonyl (C=O) groups excluding carboxylic acids is 2. The Bertz CT molecular complexity index is 378. The van der Waals surface area contributed by atoms with Gasteiger partial charge in [-0.2, -0.15) is 0 Å². The fourth-order valence-electron chi connectivity index (χ4n) is 1.98. The summed E-state index contributed by atoms with van der Waals surface area (Å²) in [5, 5.41) is 16.9. The summed E-state index contributed by atoms with van der Waals surface area (Å²) in [7, 11) is 0. The molecule has 7 heteroatoms. The van der Waals surface area contributed by atoms with E-state index < -0.39 is 11.4 Å². The van der Waals surface area contributed by atoms with E-state index in [-0.39, 0.29) is 24.5 Å². The molecule has 1 aliphatic heterocycles. The summed E-state index contributed by atoms with van der Waals surface area (Å²) in [6, 6.07) is -0.402. The molecule has 18 heavy (non-hydrogen) atoms. The second-order valence-corrected chi connectivity index (χ2v) is 4.95. The number of carboxylic acids is 1. The average molecular weight is 255 g/mol. The highest BCUT2D eigenvalue weighted by Crippen LogP contribution is 2.45. The van der Waals surface area contributed by atoms with Crippen LogP contribution in [0, 0.1) is 5.41 Å². The van der Waals surface area contributed by atoms with Crippen molar-refractivity contribution in [3.05, 3.63) is 0 Å². The first-order valence-corrected chi connectivity index (χ1v) is 6.06. The van der Waals surface area contributed by atoms with Crippen molar-refractivity contribution in [1.29, 1.82) is 0 Å². The second kappa shape index (κ2) is 4.83. The van der Waals surface area contributed by atoms with Crippen molar-refractivity contribution < 1.29 is 19.5 Å². The normalized spacial score (nSPS) is 24.2. The highest BCUT2D eigenvalue weighted by molar-refractivity contribution is 5.80. The Kier molecular flexibility index (Phi) is 3.40. The molecular weight excluding hydrogens is 238 g/mol. The van der Waals surface area contributed by atoms with Crippen LogP contribution in [-0.4, -0.2) is 42.1 Å². The van der Waals surface area contributed by atoms with Crippen molar-refractivity contribution in [1.82, 2.24) is 16.0 Å². The van der Waals surface area contributed by atoms with Crippen molar-refractivity contribution in [2.75, 3.05) is 13.1 Å². The van der Waals surface area contributed by atoms with Crippen molar-refractivity contribution in [3.8, 4) is 0 Å². The number of amides is 3. The first-order valence-electron chi connectivity index (χ1n) is 6.06. The Balaban J connectivity index is 1.64. The lowest BCUT2D eigenvalue weighted by atomic mass is 10.1. The number of carbonyl (C=O) groups is 3. The summed E-state index contributed by atoms with van der Waals surface area (Å²) in [5.41, 5.74) is -0.751. The van der Waals surface area contributed by atoms with Crippen LogP contribution in [0.2, 0.25) is 0 Å². The summed E-state index contributed by atoms with van der Waals surface area (Å²) < 4.78 is 0. The maximum Gasteiger partial charge on any atom is 0.314 e. The Hall–Kier alpha value is -1.79. The van der Waals surface area contributed by atoms with Crippen LogP contribution in [0.5, 0.6) is 0 Å². The Morgan fingerprint density at radius 3 is 2.61 bits per heavy atom. The largest absolute Gasteiger partial charge is 0.481 e. The Morgan fingerprint density at radius 2 is 2.11 bits per heavy atom. The number of urea groups is 1. The summed E-state index contributed by atoms with van der Waals surface area (Å²) in [6.07, 6.45) is 2.44. The molecule has 4 N–H and O–H groups in total. The predicted octanol–water partition coefficient (Wildman–Crippen LogP) is -0.571.